The molecule has 1 aliphatic rings. The van der Waals surface area contributed by atoms with E-state index in [0.717, 1.165) is 25.2 Å². The molecule has 2 aromatic carbocycles. The first-order valence-electron chi connectivity index (χ1n) is 19.3. The van der Waals surface area contributed by atoms with Crippen LogP contribution in [-0.2, 0) is 60.7 Å². The first kappa shape index (κ1) is 44.6. The largest absolute Gasteiger partial charge is 0.458 e. The van der Waals surface area contributed by atoms with Crippen LogP contribution in [0.3, 0.4) is 0 Å². The first-order valence-corrected chi connectivity index (χ1v) is 19.3. The van der Waals surface area contributed by atoms with Crippen molar-refractivity contribution >= 4 is 58.8 Å². The Morgan fingerprint density at radius 3 is 2.10 bits per heavy atom. The molecule has 2 amide bonds. The third kappa shape index (κ3) is 12.2. The summed E-state index contributed by atoms with van der Waals surface area (Å²) in [6, 6.07) is 14.1. The number of aromatic amines is 1. The number of carbonyl (C=O) groups excluding carboxylic acids is 7. The number of aromatic nitrogens is 1. The second-order valence-corrected chi connectivity index (χ2v) is 13.9. The molecular weight excluding hydrogens is 748 g/mol. The van der Waals surface area contributed by atoms with Gasteiger partial charge in [0.05, 0.1) is 17.6 Å². The number of likely N-dealkylation sites (N-methyl/N-ethyl adjacent to an activating group) is 1. The van der Waals surface area contributed by atoms with Gasteiger partial charge in [0, 0.05) is 48.6 Å². The van der Waals surface area contributed by atoms with Crippen LogP contribution in [0, 0.1) is 13.8 Å². The van der Waals surface area contributed by atoms with E-state index >= 15 is 0 Å². The van der Waals surface area contributed by atoms with Gasteiger partial charge in [-0.2, -0.15) is 0 Å². The van der Waals surface area contributed by atoms with Crippen LogP contribution in [0.4, 0.5) is 5.69 Å². The molecule has 0 saturated heterocycles. The smallest absolute Gasteiger partial charge is 0.347 e. The Balaban J connectivity index is 1.25. The van der Waals surface area contributed by atoms with Crippen LogP contribution in [0.25, 0.3) is 11.6 Å². The average Bonchev–Trinajstić information content (AvgIpc) is 3.66. The van der Waals surface area contributed by atoms with Gasteiger partial charge in [0.2, 0.25) is 0 Å². The van der Waals surface area contributed by atoms with Crippen molar-refractivity contribution in [2.45, 2.75) is 92.6 Å². The number of amides is 2. The maximum atomic E-state index is 13.1. The Labute approximate surface area is 337 Å². The molecule has 1 aliphatic heterocycles. The fourth-order valence-corrected chi connectivity index (χ4v) is 6.19. The normalized spacial score (nSPS) is 14.2. The number of benzene rings is 2. The highest BCUT2D eigenvalue weighted by Crippen LogP contribution is 2.35. The highest BCUT2D eigenvalue weighted by Gasteiger charge is 2.29. The molecule has 3 aromatic rings. The van der Waals surface area contributed by atoms with Crippen LogP contribution >= 0.6 is 0 Å². The summed E-state index contributed by atoms with van der Waals surface area (Å²) in [5, 5.41) is 5.82. The molecule has 15 nitrogen and oxygen atoms in total. The van der Waals surface area contributed by atoms with Gasteiger partial charge < -0.3 is 39.5 Å². The Bertz CT molecular complexity index is 2030. The number of nitrogens with zero attached hydrogens (tertiary/aromatic N) is 1. The lowest BCUT2D eigenvalue weighted by atomic mass is 9.98. The van der Waals surface area contributed by atoms with Crippen molar-refractivity contribution in [2.24, 2.45) is 0 Å². The van der Waals surface area contributed by atoms with Crippen molar-refractivity contribution < 1.29 is 52.5 Å². The van der Waals surface area contributed by atoms with Gasteiger partial charge in [-0.25, -0.2) is 14.4 Å². The van der Waals surface area contributed by atoms with Gasteiger partial charge in [-0.15, -0.1) is 0 Å². The summed E-state index contributed by atoms with van der Waals surface area (Å²) < 4.78 is 20.4. The lowest BCUT2D eigenvalue weighted by molar-refractivity contribution is -0.182. The van der Waals surface area contributed by atoms with Gasteiger partial charge in [-0.1, -0.05) is 50.2 Å². The number of esters is 4. The SMILES string of the molecule is CCN(CC)CCNC(=O)c1c(C)[nH]c(/C=C2\C(=O)Nc3ccc(CC(=O)CCC(=O)O[C@@H](C)C(=O)O[C@H](C)C(=O)O[C@H](C)C(=O)OCc4ccccc4)cc32)c1C. The molecule has 1 aromatic heterocycles. The average molecular weight is 801 g/mol. The molecule has 2 heterocycles. The number of nitrogens with one attached hydrogen (secondary N) is 3. The Morgan fingerprint density at radius 2 is 1.45 bits per heavy atom. The zero-order valence-corrected chi connectivity index (χ0v) is 34.0. The van der Waals surface area contributed by atoms with Gasteiger partial charge >= 0.3 is 23.9 Å². The summed E-state index contributed by atoms with van der Waals surface area (Å²) in [7, 11) is 0. The fraction of sp³-hybridized carbons (Fsp3) is 0.419. The van der Waals surface area contributed by atoms with Crippen LogP contribution in [0.15, 0.2) is 48.5 Å². The summed E-state index contributed by atoms with van der Waals surface area (Å²) in [5.41, 5.74) is 5.41. The van der Waals surface area contributed by atoms with E-state index in [9.17, 15) is 33.6 Å². The summed E-state index contributed by atoms with van der Waals surface area (Å²) in [6.07, 6.45) is -2.91. The molecule has 0 aliphatic carbocycles. The standard InChI is InChI=1S/C43H52N4O11/c1-8-47(9-2)20-19-44-40(51)38-25(3)36(45-26(38)4)23-34-33-22-31(15-17-35(33)46-39(34)50)21-32(48)16-18-37(49)56-28(6)42(53)58-29(7)43(54)57-27(5)41(52)55-24-30-13-11-10-12-14-30/h10-15,17,22-23,27-29,45H,8-9,16,18-21,24H2,1-7H3,(H,44,51)(H,46,50)/b34-23-/t27-,28+,29-/m1/s1. The minimum absolute atomic E-state index is 0.00944. The van der Waals surface area contributed by atoms with Crippen molar-refractivity contribution in [2.75, 3.05) is 31.5 Å². The number of anilines is 1. The lowest BCUT2D eigenvalue weighted by Gasteiger charge is -2.18. The third-order valence-electron chi connectivity index (χ3n) is 9.59. The van der Waals surface area contributed by atoms with Gasteiger partial charge in [0.25, 0.3) is 11.8 Å². The number of fused-ring (bicyclic) bond motifs is 1. The number of carbonyl (C=O) groups is 7. The molecule has 0 spiro atoms. The van der Waals surface area contributed by atoms with Crippen molar-refractivity contribution in [3.63, 3.8) is 0 Å². The van der Waals surface area contributed by atoms with Crippen molar-refractivity contribution in [1.29, 1.82) is 0 Å². The highest BCUT2D eigenvalue weighted by atomic mass is 16.6. The molecule has 310 valence electrons. The number of H-pyrrole nitrogens is 1. The quantitative estimate of drug-likeness (QED) is 0.0815. The van der Waals surface area contributed by atoms with E-state index < -0.39 is 42.2 Å². The lowest BCUT2D eigenvalue weighted by Crippen LogP contribution is -2.36. The topological polar surface area (TPSA) is 199 Å². The van der Waals surface area contributed by atoms with E-state index in [1.807, 2.05) is 13.0 Å². The molecule has 15 heteroatoms. The fourth-order valence-electron chi connectivity index (χ4n) is 6.19. The number of hydrogen-bond acceptors (Lipinski definition) is 12. The van der Waals surface area contributed by atoms with E-state index in [-0.39, 0.29) is 43.5 Å². The first-order chi connectivity index (χ1) is 27.6. The number of ether oxygens (including phenoxy) is 4. The zero-order valence-electron chi connectivity index (χ0n) is 34.0. The predicted molar refractivity (Wildman–Crippen MR) is 214 cm³/mol. The molecule has 0 saturated carbocycles. The number of rotatable bonds is 20. The minimum atomic E-state index is -1.42. The summed E-state index contributed by atoms with van der Waals surface area (Å²) in [4.78, 5) is 94.2. The van der Waals surface area contributed by atoms with Gasteiger partial charge in [0.15, 0.2) is 18.3 Å². The minimum Gasteiger partial charge on any atom is -0.458 e. The second-order valence-electron chi connectivity index (χ2n) is 13.9. The summed E-state index contributed by atoms with van der Waals surface area (Å²) in [5.74, 6) is -4.44. The second kappa shape index (κ2) is 20.9. The van der Waals surface area contributed by atoms with Crippen molar-refractivity contribution in [1.82, 2.24) is 15.2 Å². The number of ketones is 1. The van der Waals surface area contributed by atoms with E-state index in [1.165, 1.54) is 20.8 Å². The molecule has 0 bridgehead atoms. The van der Waals surface area contributed by atoms with E-state index in [2.05, 4.69) is 34.4 Å². The van der Waals surface area contributed by atoms with Crippen LogP contribution in [0.5, 0.6) is 0 Å². The van der Waals surface area contributed by atoms with Crippen LogP contribution in [0.1, 0.15) is 91.5 Å². The van der Waals surface area contributed by atoms with E-state index in [4.69, 9.17) is 18.9 Å². The molecule has 0 unspecified atom stereocenters. The Morgan fingerprint density at radius 1 is 0.810 bits per heavy atom. The molecule has 4 rings (SSSR count). The Hall–Kier alpha value is -6.09. The molecule has 3 atom stereocenters. The number of Topliss-reactive ketones (excluding diaryl/α,β-unsaturated/α-hetero) is 1. The summed E-state index contributed by atoms with van der Waals surface area (Å²) >= 11 is 0. The Kier molecular flexibility index (Phi) is 16.1. The van der Waals surface area contributed by atoms with E-state index in [0.29, 0.717) is 51.4 Å². The maximum absolute atomic E-state index is 13.1. The van der Waals surface area contributed by atoms with Gasteiger partial charge in [-0.3, -0.25) is 19.2 Å². The van der Waals surface area contributed by atoms with Crippen LogP contribution in [-0.4, -0.2) is 95.8 Å². The van der Waals surface area contributed by atoms with Crippen LogP contribution < -0.4 is 10.6 Å². The summed E-state index contributed by atoms with van der Waals surface area (Å²) in [6.45, 7) is 14.6. The number of hydrogen-bond donors (Lipinski definition) is 3. The third-order valence-corrected chi connectivity index (χ3v) is 9.59. The molecule has 0 radical (unpaired) electrons. The zero-order chi connectivity index (χ0) is 42.5. The molecular formula is C43H52N4O11. The predicted octanol–water partition coefficient (Wildman–Crippen LogP) is 4.63. The van der Waals surface area contributed by atoms with Crippen LogP contribution in [0.2, 0.25) is 0 Å². The van der Waals surface area contributed by atoms with Gasteiger partial charge in [-0.05, 0) is 82.6 Å². The molecule has 0 fully saturated rings. The number of aryl methyl sites for hydroxylation is 1. The van der Waals surface area contributed by atoms with Gasteiger partial charge in [0.1, 0.15) is 12.4 Å². The molecule has 58 heavy (non-hydrogen) atoms. The van der Waals surface area contributed by atoms with Crippen molar-refractivity contribution in [3.8, 4) is 0 Å². The monoisotopic (exact) mass is 800 g/mol. The highest BCUT2D eigenvalue weighted by molar-refractivity contribution is 6.35. The van der Waals surface area contributed by atoms with E-state index in [1.54, 1.807) is 55.5 Å². The van der Waals surface area contributed by atoms with Crippen molar-refractivity contribution in [3.05, 3.63) is 87.7 Å². The maximum Gasteiger partial charge on any atom is 0.347 e. The molecule has 3 N–H and O–H groups in total.